The number of rotatable bonds is 5. The van der Waals surface area contributed by atoms with Crippen LogP contribution >= 0.6 is 27.7 Å². The van der Waals surface area contributed by atoms with E-state index in [1.807, 2.05) is 44.2 Å². The summed E-state index contributed by atoms with van der Waals surface area (Å²) in [5, 5.41) is 8.91. The van der Waals surface area contributed by atoms with Gasteiger partial charge in [-0.1, -0.05) is 24.3 Å². The third kappa shape index (κ3) is 4.29. The molecule has 1 heterocycles. The number of ether oxygens (including phenoxy) is 1. The van der Waals surface area contributed by atoms with Crippen molar-refractivity contribution in [3.8, 4) is 11.8 Å². The van der Waals surface area contributed by atoms with Crippen molar-refractivity contribution in [1.29, 1.82) is 5.26 Å². The van der Waals surface area contributed by atoms with Crippen LogP contribution in [0.5, 0.6) is 5.75 Å². The summed E-state index contributed by atoms with van der Waals surface area (Å²) in [5.74, 6) is 0.356. The van der Waals surface area contributed by atoms with Crippen LogP contribution in [-0.4, -0.2) is 22.1 Å². The molecule has 3 rings (SSSR count). The van der Waals surface area contributed by atoms with Crippen LogP contribution in [0.15, 0.2) is 51.8 Å². The molecule has 2 aromatic rings. The second-order valence-corrected chi connectivity index (χ2v) is 8.24. The van der Waals surface area contributed by atoms with E-state index >= 15 is 0 Å². The third-order valence-corrected chi connectivity index (χ3v) is 5.62. The maximum Gasteiger partial charge on any atom is 0.293 e. The van der Waals surface area contributed by atoms with Crippen molar-refractivity contribution < 1.29 is 14.3 Å². The number of carbonyl (C=O) groups is 2. The van der Waals surface area contributed by atoms with Gasteiger partial charge in [-0.05, 0) is 71.4 Å². The third-order valence-electron chi connectivity index (χ3n) is 4.11. The van der Waals surface area contributed by atoms with Crippen molar-refractivity contribution in [2.24, 2.45) is 0 Å². The number of carbonyl (C=O) groups excluding carboxylic acids is 2. The van der Waals surface area contributed by atoms with Gasteiger partial charge in [-0.3, -0.25) is 14.5 Å². The van der Waals surface area contributed by atoms with Crippen LogP contribution in [0.1, 0.15) is 30.5 Å². The number of amides is 2. The lowest BCUT2D eigenvalue weighted by molar-refractivity contribution is -0.123. The van der Waals surface area contributed by atoms with Gasteiger partial charge in [0.15, 0.2) is 0 Å². The summed E-state index contributed by atoms with van der Waals surface area (Å²) < 4.78 is 6.54. The van der Waals surface area contributed by atoms with Crippen LogP contribution in [0.2, 0.25) is 0 Å². The molecule has 1 fully saturated rings. The molecular weight excluding hydrogens is 440 g/mol. The number of thioether (sulfide) groups is 1. The average molecular weight is 457 g/mol. The number of imide groups is 1. The molecule has 2 aromatic carbocycles. The molecule has 0 unspecified atom stereocenters. The molecule has 7 heteroatoms. The summed E-state index contributed by atoms with van der Waals surface area (Å²) >= 11 is 4.43. The zero-order chi connectivity index (χ0) is 20.3. The Morgan fingerprint density at radius 3 is 2.64 bits per heavy atom. The molecule has 1 aliphatic heterocycles. The molecule has 0 bridgehead atoms. The van der Waals surface area contributed by atoms with Crippen LogP contribution in [0, 0.1) is 11.3 Å². The molecule has 0 N–H and O–H groups in total. The summed E-state index contributed by atoms with van der Waals surface area (Å²) in [6.45, 7) is 3.90. The first kappa shape index (κ1) is 20.2. The maximum absolute atomic E-state index is 12.4. The van der Waals surface area contributed by atoms with Crippen molar-refractivity contribution in [3.63, 3.8) is 0 Å². The van der Waals surface area contributed by atoms with Crippen LogP contribution in [-0.2, 0) is 11.4 Å². The fourth-order valence-corrected chi connectivity index (χ4v) is 4.18. The standard InChI is InChI=1S/C21H17BrN2O3S/c1-13(2)24-20(25)19(28-21(24)26)10-14-7-8-18(17(22)9-14)27-12-16-6-4-3-5-15(16)11-23/h3-10,13H,12H2,1-2H3/b19-10-. The molecule has 1 aliphatic rings. The van der Waals surface area contributed by atoms with Crippen molar-refractivity contribution >= 4 is 44.9 Å². The monoisotopic (exact) mass is 456 g/mol. The van der Waals surface area contributed by atoms with E-state index in [1.54, 1.807) is 18.2 Å². The van der Waals surface area contributed by atoms with Crippen LogP contribution in [0.4, 0.5) is 4.79 Å². The highest BCUT2D eigenvalue weighted by atomic mass is 79.9. The maximum atomic E-state index is 12.4. The quantitative estimate of drug-likeness (QED) is 0.567. The van der Waals surface area contributed by atoms with Gasteiger partial charge in [-0.2, -0.15) is 5.26 Å². The summed E-state index contributed by atoms with van der Waals surface area (Å²) in [7, 11) is 0. The molecular formula is C21H17BrN2O3S. The van der Waals surface area contributed by atoms with Gasteiger partial charge < -0.3 is 4.74 Å². The molecule has 28 heavy (non-hydrogen) atoms. The number of halogens is 1. The largest absolute Gasteiger partial charge is 0.488 e. The lowest BCUT2D eigenvalue weighted by atomic mass is 10.1. The van der Waals surface area contributed by atoms with Crippen molar-refractivity contribution in [2.45, 2.75) is 26.5 Å². The number of hydrogen-bond donors (Lipinski definition) is 0. The Labute approximate surface area is 176 Å². The van der Waals surface area contributed by atoms with Gasteiger partial charge in [0.25, 0.3) is 11.1 Å². The van der Waals surface area contributed by atoms with Gasteiger partial charge >= 0.3 is 0 Å². The molecule has 0 atom stereocenters. The summed E-state index contributed by atoms with van der Waals surface area (Å²) in [6.07, 6.45) is 1.70. The molecule has 0 radical (unpaired) electrons. The fraction of sp³-hybridized carbons (Fsp3) is 0.190. The minimum atomic E-state index is -0.269. The predicted octanol–water partition coefficient (Wildman–Crippen LogP) is 5.34. The van der Waals surface area contributed by atoms with Gasteiger partial charge in [0, 0.05) is 11.6 Å². The minimum absolute atomic E-state index is 0.169. The lowest BCUT2D eigenvalue weighted by Gasteiger charge is -2.16. The molecule has 0 aliphatic carbocycles. The number of hydrogen-bond acceptors (Lipinski definition) is 5. The zero-order valence-electron chi connectivity index (χ0n) is 15.3. The van der Waals surface area contributed by atoms with E-state index in [-0.39, 0.29) is 23.8 Å². The minimum Gasteiger partial charge on any atom is -0.488 e. The molecule has 0 aromatic heterocycles. The normalized spacial score (nSPS) is 15.4. The Morgan fingerprint density at radius 1 is 1.25 bits per heavy atom. The highest BCUT2D eigenvalue weighted by Gasteiger charge is 2.36. The van der Waals surface area contributed by atoms with Gasteiger partial charge in [-0.15, -0.1) is 0 Å². The Balaban J connectivity index is 1.75. The Kier molecular flexibility index (Phi) is 6.22. The van der Waals surface area contributed by atoms with Crippen LogP contribution < -0.4 is 4.74 Å². The first-order valence-electron chi connectivity index (χ1n) is 8.58. The van der Waals surface area contributed by atoms with Gasteiger partial charge in [-0.25, -0.2) is 0 Å². The first-order valence-corrected chi connectivity index (χ1v) is 10.2. The molecule has 142 valence electrons. The van der Waals surface area contributed by atoms with Crippen LogP contribution in [0.25, 0.3) is 6.08 Å². The highest BCUT2D eigenvalue weighted by molar-refractivity contribution is 9.10. The SMILES string of the molecule is CC(C)N1C(=O)S/C(=C\c2ccc(OCc3ccccc3C#N)c(Br)c2)C1=O. The number of nitriles is 1. The van der Waals surface area contributed by atoms with Crippen molar-refractivity contribution in [2.75, 3.05) is 0 Å². The van der Waals surface area contributed by atoms with E-state index in [9.17, 15) is 9.59 Å². The zero-order valence-corrected chi connectivity index (χ0v) is 17.7. The summed E-state index contributed by atoms with van der Waals surface area (Å²) in [6, 6.07) is 14.7. The van der Waals surface area contributed by atoms with Gasteiger partial charge in [0.2, 0.25) is 0 Å². The topological polar surface area (TPSA) is 70.4 Å². The first-order chi connectivity index (χ1) is 13.4. The number of benzene rings is 2. The fourth-order valence-electron chi connectivity index (χ4n) is 2.71. The smallest absolute Gasteiger partial charge is 0.293 e. The van der Waals surface area contributed by atoms with Gasteiger partial charge in [0.1, 0.15) is 12.4 Å². The average Bonchev–Trinajstić information content (AvgIpc) is 2.94. The molecule has 0 spiro atoms. The Hall–Kier alpha value is -2.56. The van der Waals surface area contributed by atoms with E-state index in [4.69, 9.17) is 10.00 Å². The highest BCUT2D eigenvalue weighted by Crippen LogP contribution is 2.35. The van der Waals surface area contributed by atoms with E-state index in [1.165, 1.54) is 4.90 Å². The Bertz CT molecular complexity index is 1010. The molecule has 2 amide bonds. The Morgan fingerprint density at radius 2 is 2.00 bits per heavy atom. The summed E-state index contributed by atoms with van der Waals surface area (Å²) in [5.41, 5.74) is 2.17. The van der Waals surface area contributed by atoms with Gasteiger partial charge in [0.05, 0.1) is 21.0 Å². The second-order valence-electron chi connectivity index (χ2n) is 6.39. The van der Waals surface area contributed by atoms with E-state index < -0.39 is 0 Å². The lowest BCUT2D eigenvalue weighted by Crippen LogP contribution is -2.34. The van der Waals surface area contributed by atoms with E-state index in [2.05, 4.69) is 22.0 Å². The predicted molar refractivity (Wildman–Crippen MR) is 113 cm³/mol. The van der Waals surface area contributed by atoms with Crippen LogP contribution in [0.3, 0.4) is 0 Å². The van der Waals surface area contributed by atoms with E-state index in [0.29, 0.717) is 16.2 Å². The molecule has 0 saturated carbocycles. The number of nitrogens with zero attached hydrogens (tertiary/aromatic N) is 2. The second kappa shape index (κ2) is 8.63. The molecule has 5 nitrogen and oxygen atoms in total. The summed E-state index contributed by atoms with van der Waals surface area (Å²) in [4.78, 5) is 26.0. The van der Waals surface area contributed by atoms with Crippen molar-refractivity contribution in [3.05, 3.63) is 68.5 Å². The van der Waals surface area contributed by atoms with E-state index in [0.717, 1.165) is 27.4 Å². The van der Waals surface area contributed by atoms with Crippen molar-refractivity contribution in [1.82, 2.24) is 4.90 Å². The molecule has 1 saturated heterocycles.